The number of aromatic nitrogens is 3. The third-order valence-electron chi connectivity index (χ3n) is 2.91. The predicted octanol–water partition coefficient (Wildman–Crippen LogP) is 0.709. The fourth-order valence-corrected chi connectivity index (χ4v) is 2.01. The van der Waals surface area contributed by atoms with E-state index < -0.39 is 11.5 Å². The molecule has 16 heavy (non-hydrogen) atoms. The zero-order chi connectivity index (χ0) is 11.6. The van der Waals surface area contributed by atoms with Crippen molar-refractivity contribution in [3.63, 3.8) is 0 Å². The van der Waals surface area contributed by atoms with E-state index in [1.165, 1.54) is 0 Å². The lowest BCUT2D eigenvalue weighted by Gasteiger charge is -2.19. The first-order chi connectivity index (χ1) is 7.65. The van der Waals surface area contributed by atoms with Crippen LogP contribution in [0.2, 0.25) is 0 Å². The second-order valence-corrected chi connectivity index (χ2v) is 4.09. The average Bonchev–Trinajstić information content (AvgIpc) is 2.86. The molecule has 0 aromatic carbocycles. The summed E-state index contributed by atoms with van der Waals surface area (Å²) in [6.07, 6.45) is 3.94. The van der Waals surface area contributed by atoms with Crippen LogP contribution in [-0.2, 0) is 10.3 Å². The minimum atomic E-state index is -0.508. The standard InChI is InChI=1S/C10H16N4O2/c1-2-16-8(15)7-12-9(14-13-7)10(11)5-3-4-6-10/h2-6,11H2,1H3,(H,12,13,14). The van der Waals surface area contributed by atoms with Crippen LogP contribution in [0.4, 0.5) is 0 Å². The summed E-state index contributed by atoms with van der Waals surface area (Å²) in [5, 5.41) is 6.57. The Balaban J connectivity index is 2.16. The maximum atomic E-state index is 11.4. The molecule has 1 saturated carbocycles. The van der Waals surface area contributed by atoms with Crippen LogP contribution in [0.25, 0.3) is 0 Å². The fraction of sp³-hybridized carbons (Fsp3) is 0.700. The number of carbonyl (C=O) groups excluding carboxylic acids is 1. The maximum Gasteiger partial charge on any atom is 0.378 e. The number of esters is 1. The normalized spacial score (nSPS) is 18.6. The molecule has 1 aromatic rings. The van der Waals surface area contributed by atoms with E-state index in [1.54, 1.807) is 6.92 Å². The summed E-state index contributed by atoms with van der Waals surface area (Å²) < 4.78 is 4.81. The topological polar surface area (TPSA) is 93.9 Å². The molecule has 1 aliphatic carbocycles. The lowest BCUT2D eigenvalue weighted by atomic mass is 9.99. The number of nitrogens with two attached hydrogens (primary N) is 1. The van der Waals surface area contributed by atoms with E-state index in [0.29, 0.717) is 12.4 Å². The number of hydrogen-bond donors (Lipinski definition) is 2. The monoisotopic (exact) mass is 224 g/mol. The van der Waals surface area contributed by atoms with Crippen LogP contribution < -0.4 is 5.73 Å². The summed E-state index contributed by atoms with van der Waals surface area (Å²) in [5.41, 5.74) is 5.74. The van der Waals surface area contributed by atoms with Gasteiger partial charge < -0.3 is 10.5 Å². The lowest BCUT2D eigenvalue weighted by Crippen LogP contribution is -2.34. The molecule has 0 spiro atoms. The van der Waals surface area contributed by atoms with Crippen molar-refractivity contribution < 1.29 is 9.53 Å². The molecule has 0 bridgehead atoms. The summed E-state index contributed by atoms with van der Waals surface area (Å²) >= 11 is 0. The van der Waals surface area contributed by atoms with Crippen molar-refractivity contribution in [2.75, 3.05) is 6.61 Å². The van der Waals surface area contributed by atoms with Gasteiger partial charge in [0.15, 0.2) is 0 Å². The summed E-state index contributed by atoms with van der Waals surface area (Å²) in [7, 11) is 0. The highest BCUT2D eigenvalue weighted by Crippen LogP contribution is 2.34. The maximum absolute atomic E-state index is 11.4. The van der Waals surface area contributed by atoms with Gasteiger partial charge in [0.2, 0.25) is 0 Å². The van der Waals surface area contributed by atoms with Crippen molar-refractivity contribution in [1.82, 2.24) is 15.2 Å². The number of H-pyrrole nitrogens is 1. The molecular weight excluding hydrogens is 208 g/mol. The van der Waals surface area contributed by atoms with E-state index >= 15 is 0 Å². The molecule has 1 heterocycles. The summed E-state index contributed by atoms with van der Waals surface area (Å²) in [4.78, 5) is 15.5. The van der Waals surface area contributed by atoms with Crippen LogP contribution in [0.5, 0.6) is 0 Å². The van der Waals surface area contributed by atoms with E-state index in [9.17, 15) is 4.79 Å². The van der Waals surface area contributed by atoms with E-state index in [-0.39, 0.29) is 5.82 Å². The highest BCUT2D eigenvalue weighted by atomic mass is 16.5. The van der Waals surface area contributed by atoms with Crippen molar-refractivity contribution in [2.24, 2.45) is 5.73 Å². The first kappa shape index (κ1) is 11.1. The Labute approximate surface area is 93.6 Å². The molecule has 2 rings (SSSR count). The fourth-order valence-electron chi connectivity index (χ4n) is 2.01. The highest BCUT2D eigenvalue weighted by Gasteiger charge is 2.35. The minimum absolute atomic E-state index is 0.0635. The molecule has 0 aliphatic heterocycles. The Morgan fingerprint density at radius 2 is 2.25 bits per heavy atom. The van der Waals surface area contributed by atoms with Gasteiger partial charge in [-0.3, -0.25) is 5.10 Å². The van der Waals surface area contributed by atoms with Crippen LogP contribution in [0.1, 0.15) is 49.1 Å². The first-order valence-corrected chi connectivity index (χ1v) is 5.54. The third-order valence-corrected chi connectivity index (χ3v) is 2.91. The number of carbonyl (C=O) groups is 1. The van der Waals surface area contributed by atoms with Gasteiger partial charge in [0.05, 0.1) is 12.1 Å². The number of rotatable bonds is 3. The molecule has 0 amide bonds. The molecule has 0 radical (unpaired) electrons. The Morgan fingerprint density at radius 1 is 1.56 bits per heavy atom. The largest absolute Gasteiger partial charge is 0.460 e. The van der Waals surface area contributed by atoms with Crippen molar-refractivity contribution in [1.29, 1.82) is 0 Å². The molecule has 3 N–H and O–H groups in total. The zero-order valence-corrected chi connectivity index (χ0v) is 9.32. The van der Waals surface area contributed by atoms with Crippen LogP contribution in [-0.4, -0.2) is 27.8 Å². The SMILES string of the molecule is CCOC(=O)c1n[nH]c(C2(N)CCCC2)n1. The van der Waals surface area contributed by atoms with Crippen LogP contribution >= 0.6 is 0 Å². The Kier molecular flexibility index (Phi) is 2.91. The second-order valence-electron chi connectivity index (χ2n) is 4.09. The van der Waals surface area contributed by atoms with Crippen LogP contribution in [0.3, 0.4) is 0 Å². The Hall–Kier alpha value is -1.43. The molecule has 0 atom stereocenters. The second kappa shape index (κ2) is 4.21. The van der Waals surface area contributed by atoms with Gasteiger partial charge in [-0.2, -0.15) is 0 Å². The van der Waals surface area contributed by atoms with Gasteiger partial charge in [-0.1, -0.05) is 12.8 Å². The molecule has 6 nitrogen and oxygen atoms in total. The van der Waals surface area contributed by atoms with Gasteiger partial charge >= 0.3 is 5.97 Å². The smallest absolute Gasteiger partial charge is 0.378 e. The third kappa shape index (κ3) is 1.92. The molecule has 1 fully saturated rings. The number of nitrogens with zero attached hydrogens (tertiary/aromatic N) is 2. The first-order valence-electron chi connectivity index (χ1n) is 5.54. The average molecular weight is 224 g/mol. The summed E-state index contributed by atoms with van der Waals surface area (Å²) in [5.74, 6) is 0.147. The van der Waals surface area contributed by atoms with Crippen LogP contribution in [0.15, 0.2) is 0 Å². The molecule has 0 saturated heterocycles. The minimum Gasteiger partial charge on any atom is -0.460 e. The quantitative estimate of drug-likeness (QED) is 0.737. The van der Waals surface area contributed by atoms with Gasteiger partial charge in [0.1, 0.15) is 5.82 Å². The van der Waals surface area contributed by atoms with Gasteiger partial charge in [0.25, 0.3) is 5.82 Å². The van der Waals surface area contributed by atoms with Crippen molar-refractivity contribution in [3.05, 3.63) is 11.6 Å². The number of ether oxygens (including phenoxy) is 1. The molecule has 1 aromatic heterocycles. The summed E-state index contributed by atoms with van der Waals surface area (Å²) in [6, 6.07) is 0. The highest BCUT2D eigenvalue weighted by molar-refractivity contribution is 5.84. The molecule has 6 heteroatoms. The lowest BCUT2D eigenvalue weighted by molar-refractivity contribution is 0.0512. The Bertz CT molecular complexity index is 382. The van der Waals surface area contributed by atoms with Crippen molar-refractivity contribution in [2.45, 2.75) is 38.1 Å². The van der Waals surface area contributed by atoms with Crippen molar-refractivity contribution in [3.8, 4) is 0 Å². The van der Waals surface area contributed by atoms with Gasteiger partial charge in [-0.15, -0.1) is 5.10 Å². The van der Waals surface area contributed by atoms with E-state index in [4.69, 9.17) is 10.5 Å². The van der Waals surface area contributed by atoms with E-state index in [0.717, 1.165) is 25.7 Å². The Morgan fingerprint density at radius 3 is 2.88 bits per heavy atom. The van der Waals surface area contributed by atoms with Gasteiger partial charge in [0, 0.05) is 0 Å². The number of hydrogen-bond acceptors (Lipinski definition) is 5. The molecular formula is C10H16N4O2. The molecule has 88 valence electrons. The van der Waals surface area contributed by atoms with Gasteiger partial charge in [-0.25, -0.2) is 9.78 Å². The number of nitrogens with one attached hydrogen (secondary N) is 1. The van der Waals surface area contributed by atoms with Crippen molar-refractivity contribution >= 4 is 5.97 Å². The molecule has 0 unspecified atom stereocenters. The van der Waals surface area contributed by atoms with E-state index in [2.05, 4.69) is 15.2 Å². The molecule has 1 aliphatic rings. The predicted molar refractivity (Wildman–Crippen MR) is 56.7 cm³/mol. The zero-order valence-electron chi connectivity index (χ0n) is 9.32. The van der Waals surface area contributed by atoms with Crippen LogP contribution in [0, 0.1) is 0 Å². The number of aromatic amines is 1. The summed E-state index contributed by atoms with van der Waals surface area (Å²) in [6.45, 7) is 2.06. The van der Waals surface area contributed by atoms with E-state index in [1.807, 2.05) is 0 Å². The van der Waals surface area contributed by atoms with Gasteiger partial charge in [-0.05, 0) is 19.8 Å².